The quantitative estimate of drug-likeness (QED) is 0.853. The number of carbonyl (C=O) groups excluding carboxylic acids is 1. The lowest BCUT2D eigenvalue weighted by Gasteiger charge is -2.03. The average Bonchev–Trinajstić information content (AvgIpc) is 2.92. The van der Waals surface area contributed by atoms with Gasteiger partial charge in [0.2, 0.25) is 0 Å². The van der Waals surface area contributed by atoms with Crippen molar-refractivity contribution in [2.75, 3.05) is 7.11 Å². The van der Waals surface area contributed by atoms with Crippen molar-refractivity contribution in [3.05, 3.63) is 40.1 Å². The van der Waals surface area contributed by atoms with Gasteiger partial charge >= 0.3 is 5.97 Å². The van der Waals surface area contributed by atoms with Crippen molar-refractivity contribution >= 4 is 5.97 Å². The minimum atomic E-state index is -0.374. The number of hydrogen-bond donors (Lipinski definition) is 1. The summed E-state index contributed by atoms with van der Waals surface area (Å²) in [5.41, 5.74) is 3.83. The number of aromatic nitrogens is 2. The third-order valence-corrected chi connectivity index (χ3v) is 3.63. The molecule has 2 aromatic rings. The van der Waals surface area contributed by atoms with Gasteiger partial charge in [0.15, 0.2) is 0 Å². The number of aryl methyl sites for hydroxylation is 3. The van der Waals surface area contributed by atoms with Crippen molar-refractivity contribution in [2.24, 2.45) is 7.05 Å². The van der Waals surface area contributed by atoms with Crippen LogP contribution >= 0.6 is 0 Å². The Kier molecular flexibility index (Phi) is 4.47. The smallest absolute Gasteiger partial charge is 0.341 e. The van der Waals surface area contributed by atoms with E-state index in [0.717, 1.165) is 11.4 Å². The van der Waals surface area contributed by atoms with Crippen LogP contribution in [0.25, 0.3) is 0 Å². The molecule has 0 aliphatic heterocycles. The van der Waals surface area contributed by atoms with Crippen LogP contribution in [0.1, 0.15) is 38.8 Å². The fourth-order valence-corrected chi connectivity index (χ4v) is 2.33. The van der Waals surface area contributed by atoms with Crippen molar-refractivity contribution in [2.45, 2.75) is 33.9 Å². The van der Waals surface area contributed by atoms with Crippen molar-refractivity contribution < 1.29 is 13.9 Å². The summed E-state index contributed by atoms with van der Waals surface area (Å²) in [6, 6.07) is 1.72. The molecule has 2 heterocycles. The van der Waals surface area contributed by atoms with Crippen LogP contribution in [0, 0.1) is 20.8 Å². The highest BCUT2D eigenvalue weighted by molar-refractivity contribution is 5.90. The lowest BCUT2D eigenvalue weighted by Crippen LogP contribution is -2.13. The van der Waals surface area contributed by atoms with E-state index < -0.39 is 0 Å². The minimum absolute atomic E-state index is 0.374. The number of hydrogen-bond acceptors (Lipinski definition) is 5. The predicted molar refractivity (Wildman–Crippen MR) is 78.0 cm³/mol. The van der Waals surface area contributed by atoms with E-state index in [1.807, 2.05) is 25.6 Å². The number of carbonyl (C=O) groups is 1. The highest BCUT2D eigenvalue weighted by atomic mass is 16.5. The molecule has 0 saturated heterocycles. The van der Waals surface area contributed by atoms with Gasteiger partial charge in [-0.1, -0.05) is 0 Å². The molecular weight excluding hydrogens is 270 g/mol. The van der Waals surface area contributed by atoms with Crippen LogP contribution in [-0.4, -0.2) is 22.9 Å². The SMILES string of the molecule is COC(=O)c1cc(CNCc2c(C)nn(C)c2C)oc1C. The Labute approximate surface area is 124 Å². The molecule has 0 saturated carbocycles. The number of nitrogens with one attached hydrogen (secondary N) is 1. The van der Waals surface area contributed by atoms with E-state index in [4.69, 9.17) is 9.15 Å². The molecule has 21 heavy (non-hydrogen) atoms. The zero-order valence-corrected chi connectivity index (χ0v) is 13.1. The van der Waals surface area contributed by atoms with Gasteiger partial charge in [-0.3, -0.25) is 4.68 Å². The summed E-state index contributed by atoms with van der Waals surface area (Å²) in [5.74, 6) is 0.918. The van der Waals surface area contributed by atoms with Crippen molar-refractivity contribution in [1.29, 1.82) is 0 Å². The number of nitrogens with zero attached hydrogens (tertiary/aromatic N) is 2. The van der Waals surface area contributed by atoms with E-state index in [-0.39, 0.29) is 5.97 Å². The van der Waals surface area contributed by atoms with Gasteiger partial charge in [-0.05, 0) is 26.8 Å². The lowest BCUT2D eigenvalue weighted by molar-refractivity contribution is 0.0599. The summed E-state index contributed by atoms with van der Waals surface area (Å²) in [7, 11) is 3.30. The van der Waals surface area contributed by atoms with Gasteiger partial charge in [0.05, 0.1) is 19.3 Å². The van der Waals surface area contributed by atoms with Crippen molar-refractivity contribution in [1.82, 2.24) is 15.1 Å². The Hall–Kier alpha value is -2.08. The molecule has 1 N–H and O–H groups in total. The van der Waals surface area contributed by atoms with E-state index in [1.165, 1.54) is 12.7 Å². The van der Waals surface area contributed by atoms with Gasteiger partial charge in [-0.2, -0.15) is 5.10 Å². The molecule has 2 rings (SSSR count). The summed E-state index contributed by atoms with van der Waals surface area (Å²) >= 11 is 0. The monoisotopic (exact) mass is 291 g/mol. The fourth-order valence-electron chi connectivity index (χ4n) is 2.33. The Bertz CT molecular complexity index is 655. The summed E-state index contributed by atoms with van der Waals surface area (Å²) in [5, 5.41) is 7.69. The first kappa shape index (κ1) is 15.3. The molecule has 0 bridgehead atoms. The minimum Gasteiger partial charge on any atom is -0.465 e. The molecule has 0 unspecified atom stereocenters. The van der Waals surface area contributed by atoms with E-state index in [2.05, 4.69) is 10.4 Å². The molecule has 6 heteroatoms. The van der Waals surface area contributed by atoms with E-state index in [9.17, 15) is 4.79 Å². The molecule has 0 aromatic carbocycles. The average molecular weight is 291 g/mol. The standard InChI is InChI=1S/C15H21N3O3/c1-9-14(10(2)18(4)17-9)8-16-7-12-6-13(11(3)21-12)15(19)20-5/h6,16H,7-8H2,1-5H3. The Morgan fingerprint density at radius 1 is 1.38 bits per heavy atom. The molecule has 6 nitrogen and oxygen atoms in total. The molecule has 0 aliphatic carbocycles. The van der Waals surface area contributed by atoms with Crippen LogP contribution in [-0.2, 0) is 24.9 Å². The van der Waals surface area contributed by atoms with E-state index in [0.29, 0.717) is 30.2 Å². The van der Waals surface area contributed by atoms with Gasteiger partial charge in [-0.15, -0.1) is 0 Å². The van der Waals surface area contributed by atoms with Gasteiger partial charge in [0, 0.05) is 24.8 Å². The van der Waals surface area contributed by atoms with Crippen LogP contribution in [0.15, 0.2) is 10.5 Å². The normalized spacial score (nSPS) is 10.9. The summed E-state index contributed by atoms with van der Waals surface area (Å²) in [6.07, 6.45) is 0. The Balaban J connectivity index is 1.99. The highest BCUT2D eigenvalue weighted by Gasteiger charge is 2.15. The molecule has 0 radical (unpaired) electrons. The number of furan rings is 1. The molecule has 0 atom stereocenters. The van der Waals surface area contributed by atoms with Crippen LogP contribution < -0.4 is 5.32 Å². The maximum atomic E-state index is 11.5. The van der Waals surface area contributed by atoms with E-state index >= 15 is 0 Å². The van der Waals surface area contributed by atoms with Crippen molar-refractivity contribution in [3.8, 4) is 0 Å². The van der Waals surface area contributed by atoms with Gasteiger partial charge in [0.25, 0.3) is 0 Å². The third-order valence-electron chi connectivity index (χ3n) is 3.63. The number of esters is 1. The number of rotatable bonds is 5. The Morgan fingerprint density at radius 2 is 2.10 bits per heavy atom. The second-order valence-corrected chi connectivity index (χ2v) is 5.05. The Morgan fingerprint density at radius 3 is 2.67 bits per heavy atom. The topological polar surface area (TPSA) is 69.3 Å². The summed E-state index contributed by atoms with van der Waals surface area (Å²) in [4.78, 5) is 11.5. The zero-order valence-electron chi connectivity index (χ0n) is 13.1. The molecule has 0 spiro atoms. The van der Waals surface area contributed by atoms with Gasteiger partial charge < -0.3 is 14.5 Å². The molecule has 0 amide bonds. The molecule has 0 fully saturated rings. The fraction of sp³-hybridized carbons (Fsp3) is 0.467. The van der Waals surface area contributed by atoms with Crippen LogP contribution in [0.3, 0.4) is 0 Å². The van der Waals surface area contributed by atoms with Gasteiger partial charge in [0.1, 0.15) is 17.1 Å². The first-order chi connectivity index (χ1) is 9.93. The van der Waals surface area contributed by atoms with Gasteiger partial charge in [-0.25, -0.2) is 4.79 Å². The second kappa shape index (κ2) is 6.13. The molecule has 114 valence electrons. The van der Waals surface area contributed by atoms with Crippen LogP contribution in [0.2, 0.25) is 0 Å². The third kappa shape index (κ3) is 3.16. The first-order valence-electron chi connectivity index (χ1n) is 6.81. The first-order valence-corrected chi connectivity index (χ1v) is 6.81. The maximum Gasteiger partial charge on any atom is 0.341 e. The second-order valence-electron chi connectivity index (χ2n) is 5.05. The highest BCUT2D eigenvalue weighted by Crippen LogP contribution is 2.16. The van der Waals surface area contributed by atoms with Crippen molar-refractivity contribution in [3.63, 3.8) is 0 Å². The molecule has 2 aromatic heterocycles. The van der Waals surface area contributed by atoms with E-state index in [1.54, 1.807) is 13.0 Å². The maximum absolute atomic E-state index is 11.5. The number of ether oxygens (including phenoxy) is 1. The molecular formula is C15H21N3O3. The largest absolute Gasteiger partial charge is 0.465 e. The zero-order chi connectivity index (χ0) is 15.6. The predicted octanol–water partition coefficient (Wildman–Crippen LogP) is 2.01. The lowest BCUT2D eigenvalue weighted by atomic mass is 10.2. The summed E-state index contributed by atoms with van der Waals surface area (Å²) in [6.45, 7) is 7.05. The molecule has 0 aliphatic rings. The van der Waals surface area contributed by atoms with Crippen LogP contribution in [0.4, 0.5) is 0 Å². The van der Waals surface area contributed by atoms with Crippen LogP contribution in [0.5, 0.6) is 0 Å². The number of methoxy groups -OCH3 is 1. The summed E-state index contributed by atoms with van der Waals surface area (Å²) < 4.78 is 12.1.